The molecule has 0 saturated carbocycles. The van der Waals surface area contributed by atoms with Crippen molar-refractivity contribution in [1.29, 1.82) is 0 Å². The van der Waals surface area contributed by atoms with E-state index in [-0.39, 0.29) is 38.8 Å². The highest BCUT2D eigenvalue weighted by molar-refractivity contribution is 7.91. The molecule has 1 saturated heterocycles. The molecule has 2 heterocycles. The van der Waals surface area contributed by atoms with Crippen molar-refractivity contribution in [2.24, 2.45) is 0 Å². The summed E-state index contributed by atoms with van der Waals surface area (Å²) in [7, 11) is -7.60. The van der Waals surface area contributed by atoms with Gasteiger partial charge in [0.15, 0.2) is 15.7 Å². The Kier molecular flexibility index (Phi) is 7.51. The van der Waals surface area contributed by atoms with Crippen LogP contribution in [0.4, 0.5) is 11.6 Å². The Bertz CT molecular complexity index is 1640. The third kappa shape index (κ3) is 5.86. The summed E-state index contributed by atoms with van der Waals surface area (Å²) in [6.45, 7) is 6.18. The number of sulfone groups is 2. The molecular formula is C29H31N3O5S2. The molecule has 0 radical (unpaired) electrons. The van der Waals surface area contributed by atoms with E-state index in [2.05, 4.69) is 9.88 Å². The Balaban J connectivity index is 1.43. The Morgan fingerprint density at radius 2 is 1.26 bits per heavy atom. The van der Waals surface area contributed by atoms with E-state index in [9.17, 15) is 16.8 Å². The minimum Gasteiger partial charge on any atom is -0.424 e. The van der Waals surface area contributed by atoms with Crippen LogP contribution in [0.15, 0.2) is 98.1 Å². The molecule has 0 spiro atoms. The van der Waals surface area contributed by atoms with Gasteiger partial charge in [0.05, 0.1) is 15.5 Å². The van der Waals surface area contributed by atoms with Crippen LogP contribution in [0, 0.1) is 13.8 Å². The smallest absolute Gasteiger partial charge is 0.236 e. The Hall–Kier alpha value is -3.63. The van der Waals surface area contributed by atoms with Gasteiger partial charge in [-0.1, -0.05) is 53.6 Å². The maximum Gasteiger partial charge on any atom is 0.236 e. The lowest BCUT2D eigenvalue weighted by atomic mass is 10.2. The predicted molar refractivity (Wildman–Crippen MR) is 151 cm³/mol. The summed E-state index contributed by atoms with van der Waals surface area (Å²) in [6, 6.07) is 23.3. The molecule has 3 aromatic carbocycles. The first-order valence-corrected chi connectivity index (χ1v) is 15.9. The highest BCUT2D eigenvalue weighted by atomic mass is 32.2. The molecule has 8 nitrogen and oxygen atoms in total. The minimum atomic E-state index is -4.00. The van der Waals surface area contributed by atoms with Crippen molar-refractivity contribution in [2.45, 2.75) is 35.1 Å². The van der Waals surface area contributed by atoms with E-state index in [1.807, 2.05) is 49.1 Å². The number of rotatable bonds is 8. The molecule has 5 rings (SSSR count). The third-order valence-corrected chi connectivity index (χ3v) is 10.3. The molecule has 1 aliphatic heterocycles. The summed E-state index contributed by atoms with van der Waals surface area (Å²) in [6.07, 6.45) is -0.0450. The summed E-state index contributed by atoms with van der Waals surface area (Å²) >= 11 is 0. The first-order chi connectivity index (χ1) is 18.6. The normalized spacial score (nSPS) is 14.5. The molecule has 0 N–H and O–H groups in total. The second kappa shape index (κ2) is 10.9. The highest BCUT2D eigenvalue weighted by Gasteiger charge is 2.33. The van der Waals surface area contributed by atoms with Gasteiger partial charge in [-0.15, -0.1) is 0 Å². The van der Waals surface area contributed by atoms with Gasteiger partial charge in [-0.2, -0.15) is 4.98 Å². The summed E-state index contributed by atoms with van der Waals surface area (Å²) in [5.74, 6) is -0.00942. The number of piperazine rings is 1. The van der Waals surface area contributed by atoms with E-state index >= 15 is 0 Å². The SMILES string of the molecule is Cc1ccc(S(=O)(=O)CCc2nc(S(=O)(=O)c3ccc(C)cc3)c(N3CCN(c4ccccc4)CC3)o2)cc1. The average Bonchev–Trinajstić information content (AvgIpc) is 3.39. The molecule has 1 aliphatic rings. The summed E-state index contributed by atoms with van der Waals surface area (Å²) in [4.78, 5) is 8.81. The topological polar surface area (TPSA) is 101 Å². The van der Waals surface area contributed by atoms with Gasteiger partial charge in [-0.25, -0.2) is 16.8 Å². The van der Waals surface area contributed by atoms with Gasteiger partial charge in [0.1, 0.15) is 0 Å². The van der Waals surface area contributed by atoms with Crippen LogP contribution in [-0.4, -0.2) is 53.8 Å². The second-order valence-electron chi connectivity index (χ2n) is 9.73. The molecular weight excluding hydrogens is 534 g/mol. The minimum absolute atomic E-state index is 0.0450. The number of aromatic nitrogens is 1. The van der Waals surface area contributed by atoms with Crippen molar-refractivity contribution >= 4 is 31.2 Å². The van der Waals surface area contributed by atoms with Crippen LogP contribution >= 0.6 is 0 Å². The van der Waals surface area contributed by atoms with E-state index in [0.717, 1.165) is 16.8 Å². The number of anilines is 2. The lowest BCUT2D eigenvalue weighted by Gasteiger charge is -2.36. The molecule has 0 aliphatic carbocycles. The van der Waals surface area contributed by atoms with E-state index in [1.165, 1.54) is 0 Å². The second-order valence-corrected chi connectivity index (χ2v) is 13.7. The molecule has 39 heavy (non-hydrogen) atoms. The Labute approximate surface area is 229 Å². The molecule has 0 bridgehead atoms. The van der Waals surface area contributed by atoms with Crippen LogP contribution in [0.3, 0.4) is 0 Å². The van der Waals surface area contributed by atoms with Gasteiger partial charge < -0.3 is 14.2 Å². The number of hydrogen-bond donors (Lipinski definition) is 0. The Morgan fingerprint density at radius 3 is 1.85 bits per heavy atom. The molecule has 0 atom stereocenters. The van der Waals surface area contributed by atoms with E-state index in [1.54, 1.807) is 48.5 Å². The summed E-state index contributed by atoms with van der Waals surface area (Å²) in [5, 5.41) is -0.178. The number of para-hydroxylation sites is 1. The Morgan fingerprint density at radius 1 is 0.718 bits per heavy atom. The van der Waals surface area contributed by atoms with Crippen LogP contribution in [-0.2, 0) is 26.1 Å². The standard InChI is InChI=1S/C29H31N3O5S2/c1-22-8-12-25(13-9-22)38(33,34)21-16-27-30-28(39(35,36)26-14-10-23(2)11-15-26)29(37-27)32-19-17-31(18-20-32)24-6-4-3-5-7-24/h3-15H,16-21H2,1-2H3. The number of oxazole rings is 1. The van der Waals surface area contributed by atoms with Gasteiger partial charge in [0.25, 0.3) is 0 Å². The maximum atomic E-state index is 13.7. The van der Waals surface area contributed by atoms with Crippen LogP contribution in [0.2, 0.25) is 0 Å². The lowest BCUT2D eigenvalue weighted by Crippen LogP contribution is -2.46. The van der Waals surface area contributed by atoms with Crippen molar-refractivity contribution in [2.75, 3.05) is 41.7 Å². The molecule has 10 heteroatoms. The zero-order valence-corrected chi connectivity index (χ0v) is 23.6. The first-order valence-electron chi connectivity index (χ1n) is 12.8. The van der Waals surface area contributed by atoms with Crippen molar-refractivity contribution in [3.05, 3.63) is 95.9 Å². The largest absolute Gasteiger partial charge is 0.424 e. The maximum absolute atomic E-state index is 13.7. The molecule has 1 aromatic heterocycles. The molecule has 1 fully saturated rings. The van der Waals surface area contributed by atoms with Crippen molar-refractivity contribution in [1.82, 2.24) is 4.98 Å². The van der Waals surface area contributed by atoms with Crippen molar-refractivity contribution in [3.8, 4) is 0 Å². The van der Waals surface area contributed by atoms with Crippen LogP contribution in [0.1, 0.15) is 17.0 Å². The lowest BCUT2D eigenvalue weighted by molar-refractivity contribution is 0.478. The van der Waals surface area contributed by atoms with Crippen LogP contribution in [0.5, 0.6) is 0 Å². The highest BCUT2D eigenvalue weighted by Crippen LogP contribution is 2.33. The van der Waals surface area contributed by atoms with E-state index < -0.39 is 19.7 Å². The van der Waals surface area contributed by atoms with Gasteiger partial charge >= 0.3 is 0 Å². The van der Waals surface area contributed by atoms with Gasteiger partial charge in [0, 0.05) is 38.3 Å². The van der Waals surface area contributed by atoms with Crippen LogP contribution < -0.4 is 9.80 Å². The molecule has 4 aromatic rings. The fraction of sp³-hybridized carbons (Fsp3) is 0.276. The summed E-state index contributed by atoms with van der Waals surface area (Å²) in [5.41, 5.74) is 3.00. The third-order valence-electron chi connectivity index (χ3n) is 6.86. The fourth-order valence-corrected chi connectivity index (χ4v) is 7.11. The van der Waals surface area contributed by atoms with Gasteiger partial charge in [-0.05, 0) is 50.2 Å². The zero-order chi connectivity index (χ0) is 27.6. The number of aryl methyl sites for hydroxylation is 3. The molecule has 204 valence electrons. The number of benzene rings is 3. The molecule has 0 amide bonds. The van der Waals surface area contributed by atoms with E-state index in [0.29, 0.717) is 26.2 Å². The van der Waals surface area contributed by atoms with Crippen LogP contribution in [0.25, 0.3) is 0 Å². The quantitative estimate of drug-likeness (QED) is 0.309. The summed E-state index contributed by atoms with van der Waals surface area (Å²) < 4.78 is 59.3. The van der Waals surface area contributed by atoms with E-state index in [4.69, 9.17) is 4.42 Å². The van der Waals surface area contributed by atoms with Crippen molar-refractivity contribution < 1.29 is 21.3 Å². The van der Waals surface area contributed by atoms with Gasteiger partial charge in [0.2, 0.25) is 20.7 Å². The predicted octanol–water partition coefficient (Wildman–Crippen LogP) is 4.47. The number of hydrogen-bond acceptors (Lipinski definition) is 8. The fourth-order valence-electron chi connectivity index (χ4n) is 4.54. The average molecular weight is 566 g/mol. The number of nitrogens with zero attached hydrogens (tertiary/aromatic N) is 3. The van der Waals surface area contributed by atoms with Gasteiger partial charge in [-0.3, -0.25) is 0 Å². The van der Waals surface area contributed by atoms with Crippen molar-refractivity contribution in [3.63, 3.8) is 0 Å². The monoisotopic (exact) mass is 565 g/mol. The molecule has 0 unspecified atom stereocenters. The first kappa shape index (κ1) is 27.0. The zero-order valence-electron chi connectivity index (χ0n) is 21.9.